The molecule has 0 amide bonds. The molecular weight excluding hydrogens is 290 g/mol. The summed E-state index contributed by atoms with van der Waals surface area (Å²) in [6.07, 6.45) is 3.78. The maximum Gasteiger partial charge on any atom is 0.215 e. The maximum atomic E-state index is 6.23. The lowest BCUT2D eigenvalue weighted by Crippen LogP contribution is -2.54. The molecule has 4 heteroatoms. The molecule has 0 aromatic heterocycles. The summed E-state index contributed by atoms with van der Waals surface area (Å²) in [6, 6.07) is 10.8. The van der Waals surface area contributed by atoms with Gasteiger partial charge in [0.1, 0.15) is 0 Å². The molecule has 0 saturated carbocycles. The average Bonchev–Trinajstić information content (AvgIpc) is 2.40. The highest BCUT2D eigenvalue weighted by Crippen LogP contribution is 2.41. The van der Waals surface area contributed by atoms with E-state index < -0.39 is 8.32 Å². The van der Waals surface area contributed by atoms with Crippen molar-refractivity contribution in [3.63, 3.8) is 0 Å². The van der Waals surface area contributed by atoms with E-state index in [0.717, 1.165) is 12.8 Å². The molecule has 3 nitrogen and oxygen atoms in total. The SMILES string of the molecule is C=CCC1C(c2ccccc2)CC(C)(C)ON1O[Si](C)(C)C. The van der Waals surface area contributed by atoms with Gasteiger partial charge in [0.2, 0.25) is 8.32 Å². The van der Waals surface area contributed by atoms with Crippen molar-refractivity contribution in [3.8, 4) is 0 Å². The normalized spacial score (nSPS) is 25.9. The van der Waals surface area contributed by atoms with E-state index >= 15 is 0 Å². The van der Waals surface area contributed by atoms with E-state index in [0.29, 0.717) is 5.92 Å². The third kappa shape index (κ3) is 4.52. The first kappa shape index (κ1) is 17.4. The zero-order valence-electron chi connectivity index (χ0n) is 14.5. The minimum absolute atomic E-state index is 0.166. The van der Waals surface area contributed by atoms with Gasteiger partial charge < -0.3 is 4.53 Å². The molecule has 122 valence electrons. The van der Waals surface area contributed by atoms with Crippen LogP contribution in [0.15, 0.2) is 43.0 Å². The van der Waals surface area contributed by atoms with Crippen molar-refractivity contribution in [2.45, 2.75) is 63.9 Å². The van der Waals surface area contributed by atoms with Crippen LogP contribution in [0.3, 0.4) is 0 Å². The summed E-state index contributed by atoms with van der Waals surface area (Å²) in [6.45, 7) is 14.7. The Bertz CT molecular complexity index is 494. The Morgan fingerprint density at radius 1 is 1.32 bits per heavy atom. The molecule has 2 unspecified atom stereocenters. The summed E-state index contributed by atoms with van der Waals surface area (Å²) in [7, 11) is -1.74. The van der Waals surface area contributed by atoms with Crippen molar-refractivity contribution >= 4 is 8.32 Å². The summed E-state index contributed by atoms with van der Waals surface area (Å²) >= 11 is 0. The van der Waals surface area contributed by atoms with Gasteiger partial charge in [-0.2, -0.15) is 0 Å². The van der Waals surface area contributed by atoms with Gasteiger partial charge in [-0.15, -0.1) is 6.58 Å². The van der Waals surface area contributed by atoms with Crippen molar-refractivity contribution in [1.82, 2.24) is 5.23 Å². The monoisotopic (exact) mass is 319 g/mol. The van der Waals surface area contributed by atoms with Gasteiger partial charge in [-0.05, 0) is 51.9 Å². The van der Waals surface area contributed by atoms with Crippen LogP contribution in [0.4, 0.5) is 0 Å². The van der Waals surface area contributed by atoms with Gasteiger partial charge >= 0.3 is 0 Å². The Kier molecular flexibility index (Phi) is 5.28. The van der Waals surface area contributed by atoms with Crippen LogP contribution in [-0.2, 0) is 9.36 Å². The number of rotatable bonds is 5. The first-order valence-electron chi connectivity index (χ1n) is 8.05. The quantitative estimate of drug-likeness (QED) is 0.569. The Morgan fingerprint density at radius 3 is 2.50 bits per heavy atom. The summed E-state index contributed by atoms with van der Waals surface area (Å²) in [5.74, 6) is 0.374. The van der Waals surface area contributed by atoms with Crippen molar-refractivity contribution < 1.29 is 9.36 Å². The van der Waals surface area contributed by atoms with Gasteiger partial charge in [0.25, 0.3) is 0 Å². The van der Waals surface area contributed by atoms with Crippen LogP contribution in [-0.4, -0.2) is 25.2 Å². The van der Waals surface area contributed by atoms with Crippen molar-refractivity contribution in [2.75, 3.05) is 0 Å². The van der Waals surface area contributed by atoms with Gasteiger partial charge in [0, 0.05) is 5.92 Å². The molecule has 1 aliphatic heterocycles. The molecule has 1 aliphatic rings. The summed E-state index contributed by atoms with van der Waals surface area (Å²) in [4.78, 5) is 6.16. The average molecular weight is 320 g/mol. The van der Waals surface area contributed by atoms with E-state index in [4.69, 9.17) is 9.36 Å². The molecule has 1 saturated heterocycles. The van der Waals surface area contributed by atoms with Crippen LogP contribution in [0.25, 0.3) is 0 Å². The number of hydrogen-bond acceptors (Lipinski definition) is 3. The van der Waals surface area contributed by atoms with Gasteiger partial charge in [-0.1, -0.05) is 41.6 Å². The highest BCUT2D eigenvalue weighted by atomic mass is 28.4. The zero-order chi connectivity index (χ0) is 16.4. The Labute approximate surface area is 136 Å². The first-order valence-corrected chi connectivity index (χ1v) is 11.5. The highest BCUT2D eigenvalue weighted by Gasteiger charge is 2.43. The molecule has 1 fully saturated rings. The molecule has 0 aliphatic carbocycles. The molecule has 0 spiro atoms. The minimum Gasteiger partial charge on any atom is -0.321 e. The zero-order valence-corrected chi connectivity index (χ0v) is 15.5. The van der Waals surface area contributed by atoms with E-state index in [9.17, 15) is 0 Å². The molecule has 0 bridgehead atoms. The molecule has 22 heavy (non-hydrogen) atoms. The number of hydrogen-bond donors (Lipinski definition) is 0. The molecule has 1 heterocycles. The van der Waals surface area contributed by atoms with Gasteiger partial charge in [-0.25, -0.2) is 0 Å². The third-order valence-corrected chi connectivity index (χ3v) is 4.51. The number of benzene rings is 1. The fourth-order valence-corrected chi connectivity index (χ4v) is 3.69. The van der Waals surface area contributed by atoms with E-state index in [1.807, 2.05) is 6.08 Å². The van der Waals surface area contributed by atoms with Crippen molar-refractivity contribution in [3.05, 3.63) is 48.6 Å². The lowest BCUT2D eigenvalue weighted by atomic mass is 9.80. The largest absolute Gasteiger partial charge is 0.321 e. The fourth-order valence-electron chi connectivity index (χ4n) is 2.98. The van der Waals surface area contributed by atoms with Crippen LogP contribution in [0.1, 0.15) is 38.2 Å². The topological polar surface area (TPSA) is 21.7 Å². The number of nitrogens with zero attached hydrogens (tertiary/aromatic N) is 1. The summed E-state index contributed by atoms with van der Waals surface area (Å²) in [5, 5.41) is 1.79. The van der Waals surface area contributed by atoms with Crippen LogP contribution >= 0.6 is 0 Å². The van der Waals surface area contributed by atoms with E-state index in [1.165, 1.54) is 5.56 Å². The Balaban J connectivity index is 2.34. The highest BCUT2D eigenvalue weighted by molar-refractivity contribution is 6.69. The second-order valence-electron chi connectivity index (χ2n) is 7.65. The van der Waals surface area contributed by atoms with Gasteiger partial charge in [-0.3, -0.25) is 4.84 Å². The molecule has 1 aromatic rings. The van der Waals surface area contributed by atoms with Crippen LogP contribution in [0.5, 0.6) is 0 Å². The van der Waals surface area contributed by atoms with Crippen molar-refractivity contribution in [2.24, 2.45) is 0 Å². The minimum atomic E-state index is -1.74. The van der Waals surface area contributed by atoms with Crippen LogP contribution < -0.4 is 0 Å². The smallest absolute Gasteiger partial charge is 0.215 e. The summed E-state index contributed by atoms with van der Waals surface area (Å²) in [5.41, 5.74) is 1.10. The molecular formula is C18H29NO2Si. The Hall–Kier alpha value is -0.943. The number of hydroxylamine groups is 2. The maximum absolute atomic E-state index is 6.23. The van der Waals surface area contributed by atoms with E-state index in [-0.39, 0.29) is 11.6 Å². The lowest BCUT2D eigenvalue weighted by Gasteiger charge is -2.48. The second-order valence-corrected chi connectivity index (χ2v) is 12.1. The molecule has 0 N–H and O–H groups in total. The predicted octanol–water partition coefficient (Wildman–Crippen LogP) is 4.90. The molecule has 2 rings (SSSR count). The van der Waals surface area contributed by atoms with Crippen LogP contribution in [0, 0.1) is 0 Å². The van der Waals surface area contributed by atoms with Crippen molar-refractivity contribution in [1.29, 1.82) is 0 Å². The predicted molar refractivity (Wildman–Crippen MR) is 93.8 cm³/mol. The Morgan fingerprint density at radius 2 is 1.95 bits per heavy atom. The van der Waals surface area contributed by atoms with E-state index in [1.54, 1.807) is 5.23 Å². The lowest BCUT2D eigenvalue weighted by molar-refractivity contribution is -0.409. The molecule has 0 radical (unpaired) electrons. The van der Waals surface area contributed by atoms with Gasteiger partial charge in [0.15, 0.2) is 0 Å². The molecule has 1 aromatic carbocycles. The third-order valence-electron chi connectivity index (χ3n) is 3.78. The standard InChI is InChI=1S/C18H29NO2Si/c1-7-11-17-16(15-12-9-8-10-13-15)14-18(2,3)20-19(17)21-22(4,5)6/h7-10,12-13,16-17H,1,11,14H2,2-6H3. The molecule has 2 atom stereocenters. The second kappa shape index (κ2) is 6.67. The van der Waals surface area contributed by atoms with Gasteiger partial charge in [0.05, 0.1) is 11.6 Å². The first-order chi connectivity index (χ1) is 10.2. The van der Waals surface area contributed by atoms with Crippen LogP contribution in [0.2, 0.25) is 19.6 Å². The van der Waals surface area contributed by atoms with E-state index in [2.05, 4.69) is 70.4 Å². The summed E-state index contributed by atoms with van der Waals surface area (Å²) < 4.78 is 6.23. The fraction of sp³-hybridized carbons (Fsp3) is 0.556.